The Labute approximate surface area is 311 Å². The molecule has 13 heteroatoms. The number of nitrogens with zero attached hydrogens (tertiary/aromatic N) is 1. The SMILES string of the molecule is CCCNC(=O)C(=O)C(CC1CC1)NC(=O)[C@@H]1[C@@H]2[C@H](CN1C(=O)[C@@H](NC(=O)NC1(CS(=O)(=O)C(C)(C)C)CCCCC1)C1(C)CCCCC1)C2(C)C. The fraction of sp³-hybridized carbons (Fsp3) is 0.872. The van der Waals surface area contributed by atoms with E-state index in [9.17, 15) is 32.4 Å². The molecule has 5 fully saturated rings. The Morgan fingerprint density at radius 1 is 0.865 bits per heavy atom. The van der Waals surface area contributed by atoms with Crippen molar-refractivity contribution in [3.05, 3.63) is 0 Å². The molecule has 0 aromatic heterocycles. The Balaban J connectivity index is 1.39. The summed E-state index contributed by atoms with van der Waals surface area (Å²) in [5.41, 5.74) is -1.70. The van der Waals surface area contributed by atoms with Crippen molar-refractivity contribution in [3.63, 3.8) is 0 Å². The van der Waals surface area contributed by atoms with Crippen LogP contribution in [0.4, 0.5) is 4.79 Å². The zero-order chi connectivity index (χ0) is 38.3. The maximum atomic E-state index is 14.9. The van der Waals surface area contributed by atoms with Crippen molar-refractivity contribution in [3.8, 4) is 0 Å². The van der Waals surface area contributed by atoms with Crippen LogP contribution in [0, 0.1) is 28.6 Å². The summed E-state index contributed by atoms with van der Waals surface area (Å²) in [7, 11) is -3.56. The Kier molecular flexibility index (Phi) is 11.8. The van der Waals surface area contributed by atoms with Crippen LogP contribution in [0.3, 0.4) is 0 Å². The summed E-state index contributed by atoms with van der Waals surface area (Å²) < 4.78 is 25.9. The zero-order valence-electron chi connectivity index (χ0n) is 32.7. The van der Waals surface area contributed by atoms with Gasteiger partial charge in [-0.2, -0.15) is 0 Å². The first-order valence-corrected chi connectivity index (χ1v) is 21.6. The van der Waals surface area contributed by atoms with Crippen molar-refractivity contribution >= 4 is 39.4 Å². The molecule has 52 heavy (non-hydrogen) atoms. The number of likely N-dealkylation sites (tertiary alicyclic amines) is 1. The molecule has 0 radical (unpaired) electrons. The molecule has 1 aliphatic heterocycles. The maximum Gasteiger partial charge on any atom is 0.315 e. The summed E-state index contributed by atoms with van der Waals surface area (Å²) in [5, 5.41) is 11.7. The number of fused-ring (bicyclic) bond motifs is 1. The van der Waals surface area contributed by atoms with Crippen LogP contribution < -0.4 is 21.3 Å². The third kappa shape index (κ3) is 8.65. The molecule has 12 nitrogen and oxygen atoms in total. The molecule has 5 atom stereocenters. The van der Waals surface area contributed by atoms with E-state index >= 15 is 0 Å². The molecule has 0 aromatic carbocycles. The number of ketones is 1. The van der Waals surface area contributed by atoms with Gasteiger partial charge >= 0.3 is 6.03 Å². The highest BCUT2D eigenvalue weighted by molar-refractivity contribution is 7.92. The molecule has 0 aromatic rings. The molecule has 0 bridgehead atoms. The van der Waals surface area contributed by atoms with Crippen LogP contribution in [0.2, 0.25) is 0 Å². The Morgan fingerprint density at radius 2 is 1.46 bits per heavy atom. The smallest absolute Gasteiger partial charge is 0.315 e. The van der Waals surface area contributed by atoms with E-state index in [4.69, 9.17) is 0 Å². The van der Waals surface area contributed by atoms with Crippen LogP contribution in [-0.4, -0.2) is 90.1 Å². The zero-order valence-corrected chi connectivity index (χ0v) is 33.5. The first-order valence-electron chi connectivity index (χ1n) is 20.0. The molecule has 4 aliphatic carbocycles. The highest BCUT2D eigenvalue weighted by Gasteiger charge is 2.70. The summed E-state index contributed by atoms with van der Waals surface area (Å²) in [6, 6.07) is -3.31. The van der Waals surface area contributed by atoms with Gasteiger partial charge in [0.2, 0.25) is 17.6 Å². The molecule has 4 saturated carbocycles. The lowest BCUT2D eigenvalue weighted by Crippen LogP contribution is -2.65. The molecule has 5 rings (SSSR count). The van der Waals surface area contributed by atoms with Crippen LogP contribution in [-0.2, 0) is 29.0 Å². The third-order valence-corrected chi connectivity index (χ3v) is 16.0. The number of sulfone groups is 1. The minimum Gasteiger partial charge on any atom is -0.349 e. The Bertz CT molecular complexity index is 1490. The summed E-state index contributed by atoms with van der Waals surface area (Å²) >= 11 is 0. The maximum absolute atomic E-state index is 14.9. The molecule has 5 amide bonds. The van der Waals surface area contributed by atoms with Gasteiger partial charge in [-0.05, 0) is 87.9 Å². The minimum absolute atomic E-state index is 0.0828. The van der Waals surface area contributed by atoms with E-state index < -0.39 is 67.3 Å². The van der Waals surface area contributed by atoms with Gasteiger partial charge in [-0.25, -0.2) is 13.2 Å². The normalized spacial score (nSPS) is 27.4. The largest absolute Gasteiger partial charge is 0.349 e. The molecule has 5 aliphatic rings. The van der Waals surface area contributed by atoms with Gasteiger partial charge in [-0.15, -0.1) is 0 Å². The molecule has 1 unspecified atom stereocenters. The monoisotopic (exact) mass is 747 g/mol. The van der Waals surface area contributed by atoms with Gasteiger partial charge in [0, 0.05) is 13.1 Å². The fourth-order valence-corrected chi connectivity index (χ4v) is 10.9. The van der Waals surface area contributed by atoms with Crippen molar-refractivity contribution in [2.75, 3.05) is 18.8 Å². The second-order valence-electron chi connectivity index (χ2n) is 18.7. The number of Topliss-reactive ketones (excluding diaryl/α,β-unsaturated/α-hetero) is 1. The molecule has 1 heterocycles. The molecular formula is C39H65N5O7S. The van der Waals surface area contributed by atoms with Gasteiger partial charge in [0.05, 0.1) is 22.1 Å². The summed E-state index contributed by atoms with van der Waals surface area (Å²) in [4.78, 5) is 71.0. The third-order valence-electron chi connectivity index (χ3n) is 13.2. The second kappa shape index (κ2) is 15.2. The van der Waals surface area contributed by atoms with E-state index in [0.717, 1.165) is 64.2 Å². The molecule has 4 N–H and O–H groups in total. The predicted octanol–water partition coefficient (Wildman–Crippen LogP) is 4.40. The van der Waals surface area contributed by atoms with Crippen molar-refractivity contribution in [1.29, 1.82) is 0 Å². The van der Waals surface area contributed by atoms with Gasteiger partial charge in [0.1, 0.15) is 12.1 Å². The standard InChI is InChI=1S/C39H65N5O7S/c1-8-21-40-33(47)30(45)27(22-25-15-16-25)41-32(46)29-28-26(37(28,5)6)23-44(29)34(48)31(38(7)17-11-9-12-18-38)42-35(49)43-39(19-13-10-14-20-39)24-52(50,51)36(2,3)4/h25-29,31H,8-24H2,1-7H3,(H,40,47)(H,41,46)(H2,42,43,49)/t26-,27?,28-,29-,31+/m0/s1. The molecular weight excluding hydrogens is 683 g/mol. The number of urea groups is 1. The van der Waals surface area contributed by atoms with E-state index in [1.54, 1.807) is 25.7 Å². The van der Waals surface area contributed by atoms with Crippen LogP contribution in [0.25, 0.3) is 0 Å². The number of nitrogens with one attached hydrogen (secondary N) is 4. The number of piperidine rings is 1. The van der Waals surface area contributed by atoms with E-state index in [1.165, 1.54) is 0 Å². The van der Waals surface area contributed by atoms with E-state index in [-0.39, 0.29) is 34.8 Å². The summed E-state index contributed by atoms with van der Waals surface area (Å²) in [6.07, 6.45) is 10.9. The summed E-state index contributed by atoms with van der Waals surface area (Å²) in [6.45, 7) is 13.9. The molecule has 294 valence electrons. The van der Waals surface area contributed by atoms with Crippen molar-refractivity contribution < 1.29 is 32.4 Å². The number of amides is 5. The van der Waals surface area contributed by atoms with Crippen molar-refractivity contribution in [2.45, 2.75) is 167 Å². The molecule has 1 saturated heterocycles. The lowest BCUT2D eigenvalue weighted by atomic mass is 9.70. The van der Waals surface area contributed by atoms with Gasteiger partial charge in [-0.3, -0.25) is 19.2 Å². The van der Waals surface area contributed by atoms with Gasteiger partial charge in [-0.1, -0.05) is 79.1 Å². The average Bonchev–Trinajstić information content (AvgIpc) is 3.92. The van der Waals surface area contributed by atoms with Gasteiger partial charge in [0.15, 0.2) is 9.84 Å². The van der Waals surface area contributed by atoms with E-state index in [0.29, 0.717) is 38.8 Å². The number of hydrogen-bond acceptors (Lipinski definition) is 7. The number of carbonyl (C=O) groups excluding carboxylic acids is 5. The highest BCUT2D eigenvalue weighted by atomic mass is 32.2. The van der Waals surface area contributed by atoms with Gasteiger partial charge in [0.25, 0.3) is 5.91 Å². The predicted molar refractivity (Wildman–Crippen MR) is 200 cm³/mol. The quantitative estimate of drug-likeness (QED) is 0.191. The first-order chi connectivity index (χ1) is 24.3. The Morgan fingerprint density at radius 3 is 2.02 bits per heavy atom. The minimum atomic E-state index is -3.56. The van der Waals surface area contributed by atoms with Crippen LogP contribution >= 0.6 is 0 Å². The second-order valence-corrected chi connectivity index (χ2v) is 21.5. The van der Waals surface area contributed by atoms with Crippen LogP contribution in [0.1, 0.15) is 138 Å². The van der Waals surface area contributed by atoms with Gasteiger partial charge < -0.3 is 26.2 Å². The lowest BCUT2D eigenvalue weighted by molar-refractivity contribution is -0.146. The average molecular weight is 748 g/mol. The molecule has 0 spiro atoms. The highest BCUT2D eigenvalue weighted by Crippen LogP contribution is 2.65. The van der Waals surface area contributed by atoms with Crippen LogP contribution in [0.5, 0.6) is 0 Å². The first kappa shape index (κ1) is 40.5. The van der Waals surface area contributed by atoms with Crippen molar-refractivity contribution in [1.82, 2.24) is 26.2 Å². The van der Waals surface area contributed by atoms with Crippen molar-refractivity contribution in [2.24, 2.45) is 28.6 Å². The van der Waals surface area contributed by atoms with E-state index in [1.807, 2.05) is 13.8 Å². The Hall–Kier alpha value is -2.70. The number of hydrogen-bond donors (Lipinski definition) is 4. The van der Waals surface area contributed by atoms with E-state index in [2.05, 4.69) is 35.1 Å². The van der Waals surface area contributed by atoms with Crippen LogP contribution in [0.15, 0.2) is 0 Å². The number of carbonyl (C=O) groups is 5. The topological polar surface area (TPSA) is 171 Å². The lowest BCUT2D eigenvalue weighted by Gasteiger charge is -2.44. The fourth-order valence-electron chi connectivity index (χ4n) is 9.34. The number of rotatable bonds is 14. The summed E-state index contributed by atoms with van der Waals surface area (Å²) in [5.74, 6) is -2.06.